The van der Waals surface area contributed by atoms with Crippen molar-refractivity contribution in [2.45, 2.75) is 0 Å². The van der Waals surface area contributed by atoms with Crippen LogP contribution in [-0.4, -0.2) is 19.1 Å². The predicted octanol–water partition coefficient (Wildman–Crippen LogP) is 14.5. The molecule has 60 heavy (non-hydrogen) atoms. The largest absolute Gasteiger partial charge is 0.309 e. The standard InChI is InChI=1S/C56H36N4/c1-4-16-38(17-5-1)49-36-50(39-18-6-2-7-19-39)58-56(57-49)42-20-14-23-44(33-42)60-53-31-29-41(35-48(53)55-45-24-11-10-15-37(45)27-32-54(55)60)40-28-30-52-47(34-40)46-25-12-13-26-51(46)59(52)43-21-8-3-9-22-43/h1-36H. The molecule has 3 heterocycles. The highest BCUT2D eigenvalue weighted by Gasteiger charge is 2.19. The van der Waals surface area contributed by atoms with E-state index < -0.39 is 0 Å². The molecule has 3 aromatic heterocycles. The number of nitrogens with zero attached hydrogens (tertiary/aromatic N) is 4. The molecule has 0 saturated carbocycles. The van der Waals surface area contributed by atoms with Crippen LogP contribution in [0.15, 0.2) is 218 Å². The molecule has 12 aromatic rings. The van der Waals surface area contributed by atoms with Gasteiger partial charge in [-0.15, -0.1) is 0 Å². The zero-order valence-electron chi connectivity index (χ0n) is 32.6. The van der Waals surface area contributed by atoms with E-state index in [2.05, 4.69) is 215 Å². The maximum atomic E-state index is 5.17. The van der Waals surface area contributed by atoms with Crippen LogP contribution >= 0.6 is 0 Å². The smallest absolute Gasteiger partial charge is 0.160 e. The van der Waals surface area contributed by atoms with E-state index in [0.717, 1.165) is 50.5 Å². The molecule has 0 fully saturated rings. The van der Waals surface area contributed by atoms with Gasteiger partial charge in [-0.2, -0.15) is 0 Å². The van der Waals surface area contributed by atoms with E-state index in [-0.39, 0.29) is 0 Å². The van der Waals surface area contributed by atoms with Crippen LogP contribution in [0.4, 0.5) is 0 Å². The van der Waals surface area contributed by atoms with Crippen molar-refractivity contribution in [2.75, 3.05) is 0 Å². The summed E-state index contributed by atoms with van der Waals surface area (Å²) < 4.78 is 4.77. The molecular weight excluding hydrogens is 729 g/mol. The summed E-state index contributed by atoms with van der Waals surface area (Å²) in [6.45, 7) is 0. The van der Waals surface area contributed by atoms with Gasteiger partial charge in [0.1, 0.15) is 0 Å². The van der Waals surface area contributed by atoms with Crippen molar-refractivity contribution in [3.05, 3.63) is 218 Å². The molecule has 9 aromatic carbocycles. The van der Waals surface area contributed by atoms with Gasteiger partial charge >= 0.3 is 0 Å². The third kappa shape index (κ3) is 5.53. The molecule has 0 aliphatic carbocycles. The molecule has 0 bridgehead atoms. The number of aromatic nitrogens is 4. The molecule has 280 valence electrons. The van der Waals surface area contributed by atoms with E-state index in [1.807, 2.05) is 12.1 Å². The quantitative estimate of drug-likeness (QED) is 0.169. The Bertz CT molecular complexity index is 3530. The monoisotopic (exact) mass is 764 g/mol. The molecule has 0 radical (unpaired) electrons. The lowest BCUT2D eigenvalue weighted by Gasteiger charge is -2.12. The number of fused-ring (bicyclic) bond motifs is 8. The average Bonchev–Trinajstić information content (AvgIpc) is 3.85. The van der Waals surface area contributed by atoms with Crippen LogP contribution in [0.5, 0.6) is 0 Å². The Labute approximate surface area is 346 Å². The maximum Gasteiger partial charge on any atom is 0.160 e. The molecule has 0 atom stereocenters. The Morgan fingerprint density at radius 3 is 1.52 bits per heavy atom. The van der Waals surface area contributed by atoms with Crippen molar-refractivity contribution >= 4 is 54.4 Å². The van der Waals surface area contributed by atoms with Crippen LogP contribution < -0.4 is 0 Å². The maximum absolute atomic E-state index is 5.17. The summed E-state index contributed by atoms with van der Waals surface area (Å²) in [6.07, 6.45) is 0. The van der Waals surface area contributed by atoms with E-state index in [0.29, 0.717) is 5.82 Å². The van der Waals surface area contributed by atoms with Crippen molar-refractivity contribution < 1.29 is 0 Å². The molecule has 0 saturated heterocycles. The molecule has 0 unspecified atom stereocenters. The fraction of sp³-hybridized carbons (Fsp3) is 0. The number of benzene rings is 9. The number of para-hydroxylation sites is 2. The first kappa shape index (κ1) is 34.0. The van der Waals surface area contributed by atoms with Gasteiger partial charge < -0.3 is 9.13 Å². The van der Waals surface area contributed by atoms with Crippen LogP contribution in [0, 0.1) is 0 Å². The minimum Gasteiger partial charge on any atom is -0.309 e. The van der Waals surface area contributed by atoms with Crippen molar-refractivity contribution in [1.82, 2.24) is 19.1 Å². The van der Waals surface area contributed by atoms with Crippen molar-refractivity contribution in [3.8, 4) is 56.4 Å². The second-order valence-electron chi connectivity index (χ2n) is 15.4. The Hall–Kier alpha value is -8.08. The summed E-state index contributed by atoms with van der Waals surface area (Å²) >= 11 is 0. The lowest BCUT2D eigenvalue weighted by Crippen LogP contribution is -1.98. The average molecular weight is 765 g/mol. The molecule has 0 aliphatic rings. The highest BCUT2D eigenvalue weighted by atomic mass is 15.0. The summed E-state index contributed by atoms with van der Waals surface area (Å²) in [7, 11) is 0. The van der Waals surface area contributed by atoms with Crippen LogP contribution in [-0.2, 0) is 0 Å². The van der Waals surface area contributed by atoms with E-state index >= 15 is 0 Å². The second-order valence-corrected chi connectivity index (χ2v) is 15.4. The van der Waals surface area contributed by atoms with Gasteiger partial charge in [-0.3, -0.25) is 0 Å². The summed E-state index contributed by atoms with van der Waals surface area (Å²) in [5.41, 5.74) is 14.1. The Kier molecular flexibility index (Phi) is 7.82. The minimum atomic E-state index is 0.689. The first-order valence-corrected chi connectivity index (χ1v) is 20.4. The summed E-state index contributed by atoms with van der Waals surface area (Å²) in [6, 6.07) is 78.0. The normalized spacial score (nSPS) is 11.7. The lowest BCUT2D eigenvalue weighted by atomic mass is 9.99. The van der Waals surface area contributed by atoms with E-state index in [4.69, 9.17) is 9.97 Å². The number of hydrogen-bond acceptors (Lipinski definition) is 2. The molecule has 0 amide bonds. The molecule has 4 nitrogen and oxygen atoms in total. The Morgan fingerprint density at radius 2 is 0.800 bits per heavy atom. The lowest BCUT2D eigenvalue weighted by molar-refractivity contribution is 1.16. The van der Waals surface area contributed by atoms with E-state index in [9.17, 15) is 0 Å². The summed E-state index contributed by atoms with van der Waals surface area (Å²) in [5, 5.41) is 7.40. The zero-order chi connectivity index (χ0) is 39.6. The Balaban J connectivity index is 1.04. The third-order valence-corrected chi connectivity index (χ3v) is 11.9. The number of rotatable bonds is 6. The first-order chi connectivity index (χ1) is 29.7. The highest BCUT2D eigenvalue weighted by molar-refractivity contribution is 6.22. The van der Waals surface area contributed by atoms with Gasteiger partial charge in [0.25, 0.3) is 0 Å². The van der Waals surface area contributed by atoms with Gasteiger partial charge in [0.15, 0.2) is 5.82 Å². The van der Waals surface area contributed by atoms with Crippen molar-refractivity contribution in [3.63, 3.8) is 0 Å². The molecular formula is C56H36N4. The van der Waals surface area contributed by atoms with Gasteiger partial charge in [0.05, 0.1) is 33.5 Å². The summed E-state index contributed by atoms with van der Waals surface area (Å²) in [4.78, 5) is 10.3. The third-order valence-electron chi connectivity index (χ3n) is 11.9. The van der Waals surface area contributed by atoms with Gasteiger partial charge in [0, 0.05) is 49.6 Å². The number of hydrogen-bond donors (Lipinski definition) is 0. The van der Waals surface area contributed by atoms with Crippen LogP contribution in [0.3, 0.4) is 0 Å². The fourth-order valence-electron chi connectivity index (χ4n) is 9.13. The second kappa shape index (κ2) is 13.8. The van der Waals surface area contributed by atoms with Crippen LogP contribution in [0.25, 0.3) is 111 Å². The Morgan fingerprint density at radius 1 is 0.283 bits per heavy atom. The molecule has 0 aliphatic heterocycles. The van der Waals surface area contributed by atoms with E-state index in [1.165, 1.54) is 54.5 Å². The molecule has 12 rings (SSSR count). The van der Waals surface area contributed by atoms with Crippen LogP contribution in [0.2, 0.25) is 0 Å². The van der Waals surface area contributed by atoms with Gasteiger partial charge in [-0.05, 0) is 88.6 Å². The topological polar surface area (TPSA) is 35.6 Å². The molecule has 0 spiro atoms. The van der Waals surface area contributed by atoms with Crippen LogP contribution in [0.1, 0.15) is 0 Å². The van der Waals surface area contributed by atoms with Crippen molar-refractivity contribution in [1.29, 1.82) is 0 Å². The molecule has 4 heteroatoms. The fourth-order valence-corrected chi connectivity index (χ4v) is 9.13. The molecule has 0 N–H and O–H groups in total. The minimum absolute atomic E-state index is 0.689. The first-order valence-electron chi connectivity index (χ1n) is 20.4. The van der Waals surface area contributed by atoms with Gasteiger partial charge in [-0.25, -0.2) is 9.97 Å². The highest BCUT2D eigenvalue weighted by Crippen LogP contribution is 2.41. The van der Waals surface area contributed by atoms with Gasteiger partial charge in [0.2, 0.25) is 0 Å². The SMILES string of the molecule is c1ccc(-c2cc(-c3ccccc3)nc(-c3cccc(-n4c5ccc(-c6ccc7c(c6)c6ccccc6n7-c6ccccc6)cc5c5c6ccccc6ccc54)c3)n2)cc1. The van der Waals surface area contributed by atoms with Gasteiger partial charge in [-0.1, -0.05) is 152 Å². The van der Waals surface area contributed by atoms with Crippen molar-refractivity contribution in [2.24, 2.45) is 0 Å². The predicted molar refractivity (Wildman–Crippen MR) is 250 cm³/mol. The van der Waals surface area contributed by atoms with E-state index in [1.54, 1.807) is 0 Å². The zero-order valence-corrected chi connectivity index (χ0v) is 32.6. The summed E-state index contributed by atoms with van der Waals surface area (Å²) in [5.74, 6) is 0.689.